The maximum atomic E-state index is 0. The fourth-order valence-electron chi connectivity index (χ4n) is 0. The number of hydrogen-bond donors (Lipinski definition) is 0. The molecule has 1 radical (unpaired) electrons. The Balaban J connectivity index is 0. The minimum atomic E-state index is 0. The van der Waals surface area contributed by atoms with Crippen molar-refractivity contribution in [2.45, 2.75) is 0 Å². The molecule has 27 valence electrons. The van der Waals surface area contributed by atoms with Crippen molar-refractivity contribution in [2.75, 3.05) is 0 Å². The molecule has 0 aromatic rings. The Kier molecular flexibility index (Phi) is 143. The summed E-state index contributed by atoms with van der Waals surface area (Å²) in [6, 6.07) is 0. The SMILES string of the molecule is [Cr].[Cu].[Ti].[W]. The first-order valence-corrected chi connectivity index (χ1v) is 0. The molecule has 0 heterocycles. The van der Waals surface area contributed by atoms with Crippen LogP contribution in [0.5, 0.6) is 0 Å². The van der Waals surface area contributed by atoms with Crippen LogP contribution in [0.3, 0.4) is 0 Å². The van der Waals surface area contributed by atoms with Gasteiger partial charge in [0.1, 0.15) is 0 Å². The largest absolute Gasteiger partial charge is 0 e. The average Bonchev–Trinajstić information content (AvgIpc) is 0. The van der Waals surface area contributed by atoms with Gasteiger partial charge in [-0.3, -0.25) is 0 Å². The monoisotopic (exact) mass is 347 g/mol. The van der Waals surface area contributed by atoms with Crippen LogP contribution in [0.2, 0.25) is 0 Å². The van der Waals surface area contributed by atoms with Crippen molar-refractivity contribution >= 4 is 0 Å². The van der Waals surface area contributed by atoms with Crippen LogP contribution < -0.4 is 0 Å². The molecule has 0 nitrogen and oxygen atoms in total. The van der Waals surface area contributed by atoms with Crippen molar-refractivity contribution in [1.29, 1.82) is 0 Å². The van der Waals surface area contributed by atoms with Crippen molar-refractivity contribution < 1.29 is 77.2 Å². The molecule has 0 unspecified atom stereocenters. The molecular weight excluding hydrogens is 347 g/mol. The Morgan fingerprint density at radius 2 is 1.00 bits per heavy atom. The van der Waals surface area contributed by atoms with Gasteiger partial charge in [-0.2, -0.15) is 0 Å². The van der Waals surface area contributed by atoms with Gasteiger partial charge < -0.3 is 0 Å². The Labute approximate surface area is 76.2 Å². The number of hydrogen-bond acceptors (Lipinski definition) is 0. The Bertz CT molecular complexity index is 8.00. The van der Waals surface area contributed by atoms with E-state index in [1.54, 1.807) is 0 Å². The van der Waals surface area contributed by atoms with E-state index in [-0.39, 0.29) is 77.2 Å². The summed E-state index contributed by atoms with van der Waals surface area (Å²) in [5, 5.41) is 0. The topological polar surface area (TPSA) is 0 Å². The summed E-state index contributed by atoms with van der Waals surface area (Å²) in [4.78, 5) is 0. The third-order valence-electron chi connectivity index (χ3n) is 0. The molecule has 0 rings (SSSR count). The van der Waals surface area contributed by atoms with Gasteiger partial charge in [0.15, 0.2) is 0 Å². The van der Waals surface area contributed by atoms with Crippen LogP contribution in [-0.2, 0) is 77.2 Å². The molecule has 0 N–H and O–H groups in total. The first-order chi connectivity index (χ1) is 0. The smallest absolute Gasteiger partial charge is 0 e. The number of rotatable bonds is 0. The van der Waals surface area contributed by atoms with Gasteiger partial charge in [0.2, 0.25) is 0 Å². The Morgan fingerprint density at radius 1 is 1.00 bits per heavy atom. The third-order valence-corrected chi connectivity index (χ3v) is 0. The molecule has 0 bridgehead atoms. The van der Waals surface area contributed by atoms with Gasteiger partial charge in [-0.25, -0.2) is 0 Å². The van der Waals surface area contributed by atoms with Gasteiger partial charge in [0, 0.05) is 77.2 Å². The second-order valence-corrected chi connectivity index (χ2v) is 0. The van der Waals surface area contributed by atoms with E-state index in [0.29, 0.717) is 0 Å². The molecular formula is CrCuTiW. The van der Waals surface area contributed by atoms with E-state index in [2.05, 4.69) is 0 Å². The van der Waals surface area contributed by atoms with E-state index in [1.807, 2.05) is 0 Å². The van der Waals surface area contributed by atoms with Crippen LogP contribution in [0.4, 0.5) is 0 Å². The second-order valence-electron chi connectivity index (χ2n) is 0. The maximum Gasteiger partial charge on any atom is 0 e. The second kappa shape index (κ2) is 18.0. The molecule has 0 aromatic carbocycles. The van der Waals surface area contributed by atoms with E-state index in [1.165, 1.54) is 0 Å². The summed E-state index contributed by atoms with van der Waals surface area (Å²) < 4.78 is 0. The molecule has 0 aliphatic carbocycles. The van der Waals surface area contributed by atoms with Crippen LogP contribution in [0.15, 0.2) is 0 Å². The summed E-state index contributed by atoms with van der Waals surface area (Å²) >= 11 is 0. The summed E-state index contributed by atoms with van der Waals surface area (Å²) in [6.45, 7) is 0. The molecule has 0 aliphatic heterocycles. The molecule has 0 atom stereocenters. The van der Waals surface area contributed by atoms with Crippen molar-refractivity contribution in [3.8, 4) is 0 Å². The van der Waals surface area contributed by atoms with Gasteiger partial charge in [0.25, 0.3) is 0 Å². The van der Waals surface area contributed by atoms with Crippen molar-refractivity contribution in [2.24, 2.45) is 0 Å². The summed E-state index contributed by atoms with van der Waals surface area (Å²) in [5.74, 6) is 0. The standard InChI is InChI=1S/Cr.Cu.Ti.W. The van der Waals surface area contributed by atoms with E-state index < -0.39 is 0 Å². The van der Waals surface area contributed by atoms with Gasteiger partial charge >= 0.3 is 0 Å². The predicted molar refractivity (Wildman–Crippen MR) is 0 cm³/mol. The van der Waals surface area contributed by atoms with Gasteiger partial charge in [-0.1, -0.05) is 0 Å². The first-order valence-electron chi connectivity index (χ1n) is 0. The molecule has 0 saturated heterocycles. The molecule has 4 heteroatoms. The zero-order chi connectivity index (χ0) is 0. The van der Waals surface area contributed by atoms with Gasteiger partial charge in [-0.15, -0.1) is 0 Å². The quantitative estimate of drug-likeness (QED) is 0.541. The fourth-order valence-corrected chi connectivity index (χ4v) is 0. The molecule has 0 fully saturated rings. The molecule has 0 aromatic heterocycles. The minimum Gasteiger partial charge on any atom is 0 e. The Morgan fingerprint density at radius 3 is 1.00 bits per heavy atom. The van der Waals surface area contributed by atoms with E-state index in [0.717, 1.165) is 0 Å². The summed E-state index contributed by atoms with van der Waals surface area (Å²) in [6.07, 6.45) is 0. The van der Waals surface area contributed by atoms with Crippen LogP contribution in [-0.4, -0.2) is 0 Å². The summed E-state index contributed by atoms with van der Waals surface area (Å²) in [5.41, 5.74) is 0. The van der Waals surface area contributed by atoms with Crippen LogP contribution in [0.1, 0.15) is 0 Å². The molecule has 4 heavy (non-hydrogen) atoms. The minimum absolute atomic E-state index is 0. The van der Waals surface area contributed by atoms with Crippen molar-refractivity contribution in [3.05, 3.63) is 0 Å². The first kappa shape index (κ1) is 31.9. The summed E-state index contributed by atoms with van der Waals surface area (Å²) in [7, 11) is 0. The zero-order valence-electron chi connectivity index (χ0n) is 1.62. The van der Waals surface area contributed by atoms with E-state index >= 15 is 0 Å². The molecule has 0 aliphatic rings. The maximum absolute atomic E-state index is 0. The van der Waals surface area contributed by atoms with Gasteiger partial charge in [0.05, 0.1) is 0 Å². The van der Waals surface area contributed by atoms with Crippen LogP contribution >= 0.6 is 0 Å². The van der Waals surface area contributed by atoms with Crippen molar-refractivity contribution in [1.82, 2.24) is 0 Å². The van der Waals surface area contributed by atoms with Gasteiger partial charge in [-0.05, 0) is 0 Å². The molecule has 0 saturated carbocycles. The fraction of sp³-hybridized carbons (Fsp3) is 0. The van der Waals surface area contributed by atoms with Crippen LogP contribution in [0, 0.1) is 0 Å². The third kappa shape index (κ3) is 8.82. The molecule has 0 spiro atoms. The average molecular weight is 347 g/mol. The zero-order valence-corrected chi connectivity index (χ0v) is 8.33. The van der Waals surface area contributed by atoms with Crippen LogP contribution in [0.25, 0.3) is 0 Å². The van der Waals surface area contributed by atoms with E-state index in [4.69, 9.17) is 0 Å². The predicted octanol–water partition coefficient (Wildman–Crippen LogP) is -0.0100. The Hall–Kier alpha value is 2.45. The normalized spacial score (nSPS) is 0. The van der Waals surface area contributed by atoms with E-state index in [9.17, 15) is 0 Å². The molecule has 0 amide bonds. The van der Waals surface area contributed by atoms with Crippen molar-refractivity contribution in [3.63, 3.8) is 0 Å².